The number of aliphatic hydroxyl groups excluding tert-OH is 1. The van der Waals surface area contributed by atoms with Crippen LogP contribution >= 0.6 is 0 Å². The van der Waals surface area contributed by atoms with Crippen molar-refractivity contribution in [1.82, 2.24) is 0 Å². The van der Waals surface area contributed by atoms with Crippen LogP contribution in [0, 0.1) is 0 Å². The van der Waals surface area contributed by atoms with Gasteiger partial charge >= 0.3 is 5.97 Å². The molecule has 1 unspecified atom stereocenters. The van der Waals surface area contributed by atoms with E-state index in [0.717, 1.165) is 0 Å². The van der Waals surface area contributed by atoms with Gasteiger partial charge in [-0.15, -0.1) is 0 Å². The van der Waals surface area contributed by atoms with Gasteiger partial charge in [-0.25, -0.2) is 4.79 Å². The Morgan fingerprint density at radius 3 is 2.83 bits per heavy atom. The molecule has 0 aromatic rings. The standard InChI is InChI=1S/C9H14O3/c1-3-5-8(10)6-4-7-9(11)12-2/h3-5,7-8,10H,6H2,1-2H3/b5-3+,7-4+. The number of carbonyl (C=O) groups is 1. The first-order valence-corrected chi connectivity index (χ1v) is 3.76. The largest absolute Gasteiger partial charge is 0.466 e. The zero-order valence-electron chi connectivity index (χ0n) is 7.36. The second kappa shape index (κ2) is 6.61. The number of methoxy groups -OCH3 is 1. The first-order valence-electron chi connectivity index (χ1n) is 3.76. The van der Waals surface area contributed by atoms with Crippen LogP contribution in [0.2, 0.25) is 0 Å². The quantitative estimate of drug-likeness (QED) is 0.389. The SMILES string of the molecule is C/C=C/C(O)C/C=C/C(=O)OC. The molecule has 0 aliphatic rings. The predicted molar refractivity (Wildman–Crippen MR) is 46.6 cm³/mol. The van der Waals surface area contributed by atoms with Crippen molar-refractivity contribution in [3.63, 3.8) is 0 Å². The highest BCUT2D eigenvalue weighted by Gasteiger charge is 1.95. The minimum Gasteiger partial charge on any atom is -0.466 e. The number of esters is 1. The van der Waals surface area contributed by atoms with Gasteiger partial charge in [0.15, 0.2) is 0 Å². The van der Waals surface area contributed by atoms with Crippen molar-refractivity contribution in [3.8, 4) is 0 Å². The molecule has 0 fully saturated rings. The van der Waals surface area contributed by atoms with Crippen molar-refractivity contribution in [1.29, 1.82) is 0 Å². The maximum atomic E-state index is 10.5. The fourth-order valence-corrected chi connectivity index (χ4v) is 0.672. The number of allylic oxidation sites excluding steroid dienone is 1. The topological polar surface area (TPSA) is 46.5 Å². The molecule has 0 amide bonds. The maximum absolute atomic E-state index is 10.5. The fraction of sp³-hybridized carbons (Fsp3) is 0.444. The van der Waals surface area contributed by atoms with Crippen LogP contribution < -0.4 is 0 Å². The lowest BCUT2D eigenvalue weighted by Crippen LogP contribution is -2.00. The van der Waals surface area contributed by atoms with Gasteiger partial charge in [0.2, 0.25) is 0 Å². The van der Waals surface area contributed by atoms with Crippen LogP contribution in [-0.2, 0) is 9.53 Å². The summed E-state index contributed by atoms with van der Waals surface area (Å²) in [5.41, 5.74) is 0. The lowest BCUT2D eigenvalue weighted by molar-refractivity contribution is -0.134. The Balaban J connectivity index is 3.66. The first-order chi connectivity index (χ1) is 5.70. The molecule has 12 heavy (non-hydrogen) atoms. The molecule has 0 rings (SSSR count). The van der Waals surface area contributed by atoms with Crippen LogP contribution in [0.4, 0.5) is 0 Å². The van der Waals surface area contributed by atoms with Crippen molar-refractivity contribution in [2.75, 3.05) is 7.11 Å². The van der Waals surface area contributed by atoms with Crippen LogP contribution in [-0.4, -0.2) is 24.3 Å². The molecule has 0 aliphatic carbocycles. The van der Waals surface area contributed by atoms with E-state index in [2.05, 4.69) is 4.74 Å². The molecule has 0 aromatic carbocycles. The third-order valence-corrected chi connectivity index (χ3v) is 1.25. The van der Waals surface area contributed by atoms with Gasteiger partial charge in [0.05, 0.1) is 13.2 Å². The van der Waals surface area contributed by atoms with E-state index in [0.29, 0.717) is 6.42 Å². The second-order valence-electron chi connectivity index (χ2n) is 2.25. The van der Waals surface area contributed by atoms with Crippen LogP contribution in [0.25, 0.3) is 0 Å². The summed E-state index contributed by atoms with van der Waals surface area (Å²) >= 11 is 0. The Hall–Kier alpha value is -1.09. The lowest BCUT2D eigenvalue weighted by Gasteiger charge is -1.98. The van der Waals surface area contributed by atoms with Gasteiger partial charge in [-0.1, -0.05) is 18.2 Å². The van der Waals surface area contributed by atoms with Crippen LogP contribution in [0.3, 0.4) is 0 Å². The van der Waals surface area contributed by atoms with Gasteiger partial charge < -0.3 is 9.84 Å². The van der Waals surface area contributed by atoms with Crippen LogP contribution in [0.1, 0.15) is 13.3 Å². The van der Waals surface area contributed by atoms with E-state index in [-0.39, 0.29) is 0 Å². The molecule has 3 heteroatoms. The lowest BCUT2D eigenvalue weighted by atomic mass is 10.2. The molecule has 0 aromatic heterocycles. The normalized spacial score (nSPS) is 13.9. The van der Waals surface area contributed by atoms with Gasteiger partial charge in [0.1, 0.15) is 0 Å². The molecule has 0 spiro atoms. The van der Waals surface area contributed by atoms with E-state index in [1.54, 1.807) is 18.2 Å². The summed E-state index contributed by atoms with van der Waals surface area (Å²) in [6, 6.07) is 0. The number of carbonyl (C=O) groups excluding carboxylic acids is 1. The molecule has 1 atom stereocenters. The third kappa shape index (κ3) is 5.68. The van der Waals surface area contributed by atoms with Crippen LogP contribution in [0.5, 0.6) is 0 Å². The number of hydrogen-bond donors (Lipinski definition) is 1. The zero-order chi connectivity index (χ0) is 9.40. The van der Waals surface area contributed by atoms with E-state index in [9.17, 15) is 4.79 Å². The molecule has 0 radical (unpaired) electrons. The Morgan fingerprint density at radius 2 is 2.33 bits per heavy atom. The summed E-state index contributed by atoms with van der Waals surface area (Å²) in [4.78, 5) is 10.5. The molecule has 0 bridgehead atoms. The highest BCUT2D eigenvalue weighted by molar-refractivity contribution is 5.81. The Kier molecular flexibility index (Phi) is 6.01. The molecule has 0 heterocycles. The van der Waals surface area contributed by atoms with E-state index in [4.69, 9.17) is 5.11 Å². The van der Waals surface area contributed by atoms with Crippen molar-refractivity contribution >= 4 is 5.97 Å². The number of hydrogen-bond acceptors (Lipinski definition) is 3. The minimum atomic E-state index is -0.518. The summed E-state index contributed by atoms with van der Waals surface area (Å²) in [5, 5.41) is 9.14. The van der Waals surface area contributed by atoms with Gasteiger partial charge in [-0.05, 0) is 13.3 Å². The maximum Gasteiger partial charge on any atom is 0.330 e. The smallest absolute Gasteiger partial charge is 0.330 e. The number of rotatable bonds is 4. The van der Waals surface area contributed by atoms with E-state index >= 15 is 0 Å². The van der Waals surface area contributed by atoms with E-state index < -0.39 is 12.1 Å². The number of aliphatic hydroxyl groups is 1. The molecular weight excluding hydrogens is 156 g/mol. The van der Waals surface area contributed by atoms with Gasteiger partial charge in [0.25, 0.3) is 0 Å². The van der Waals surface area contributed by atoms with E-state index in [1.807, 2.05) is 6.92 Å². The van der Waals surface area contributed by atoms with E-state index in [1.165, 1.54) is 13.2 Å². The molecule has 3 nitrogen and oxygen atoms in total. The van der Waals surface area contributed by atoms with Crippen molar-refractivity contribution in [2.45, 2.75) is 19.4 Å². The Morgan fingerprint density at radius 1 is 1.67 bits per heavy atom. The Bertz CT molecular complexity index is 182. The predicted octanol–water partition coefficient (Wildman–Crippen LogP) is 1.04. The summed E-state index contributed by atoms with van der Waals surface area (Å²) in [7, 11) is 1.31. The number of ether oxygens (including phenoxy) is 1. The zero-order valence-corrected chi connectivity index (χ0v) is 7.36. The average Bonchev–Trinajstić information content (AvgIpc) is 2.04. The van der Waals surface area contributed by atoms with Crippen molar-refractivity contribution in [3.05, 3.63) is 24.3 Å². The Labute approximate surface area is 72.3 Å². The summed E-state index contributed by atoms with van der Waals surface area (Å²) in [6.07, 6.45) is 6.21. The van der Waals surface area contributed by atoms with Gasteiger partial charge in [-0.3, -0.25) is 0 Å². The summed E-state index contributed by atoms with van der Waals surface area (Å²) < 4.78 is 4.37. The highest BCUT2D eigenvalue weighted by atomic mass is 16.5. The second-order valence-corrected chi connectivity index (χ2v) is 2.25. The van der Waals surface area contributed by atoms with Gasteiger partial charge in [-0.2, -0.15) is 0 Å². The summed E-state index contributed by atoms with van der Waals surface area (Å²) in [5.74, 6) is -0.400. The van der Waals surface area contributed by atoms with Gasteiger partial charge in [0, 0.05) is 6.08 Å². The molecule has 68 valence electrons. The molecule has 0 saturated heterocycles. The monoisotopic (exact) mass is 170 g/mol. The fourth-order valence-electron chi connectivity index (χ4n) is 0.672. The molecule has 0 aliphatic heterocycles. The summed E-state index contributed by atoms with van der Waals surface area (Å²) in [6.45, 7) is 1.83. The molecular formula is C9H14O3. The third-order valence-electron chi connectivity index (χ3n) is 1.25. The first kappa shape index (κ1) is 10.9. The van der Waals surface area contributed by atoms with Crippen molar-refractivity contribution < 1.29 is 14.6 Å². The highest BCUT2D eigenvalue weighted by Crippen LogP contribution is 1.95. The van der Waals surface area contributed by atoms with Crippen LogP contribution in [0.15, 0.2) is 24.3 Å². The minimum absolute atomic E-state index is 0.400. The average molecular weight is 170 g/mol. The van der Waals surface area contributed by atoms with Crippen molar-refractivity contribution in [2.24, 2.45) is 0 Å². The molecule has 1 N–H and O–H groups in total. The molecule has 0 saturated carbocycles.